The fourth-order valence-electron chi connectivity index (χ4n) is 3.10. The number of hydrogen-bond donors (Lipinski definition) is 1. The number of carbonyl (C=O) groups is 2. The Morgan fingerprint density at radius 1 is 1.44 bits per heavy atom. The molecule has 1 aromatic carbocycles. The van der Waals surface area contributed by atoms with Gasteiger partial charge in [0.25, 0.3) is 0 Å². The van der Waals surface area contributed by atoms with Crippen LogP contribution in [0.2, 0.25) is 0 Å². The second-order valence-corrected chi connectivity index (χ2v) is 7.28. The Labute approximate surface area is 148 Å². The van der Waals surface area contributed by atoms with Crippen molar-refractivity contribution in [3.63, 3.8) is 0 Å². The van der Waals surface area contributed by atoms with Gasteiger partial charge in [0.05, 0.1) is 25.8 Å². The van der Waals surface area contributed by atoms with Gasteiger partial charge in [0.2, 0.25) is 5.91 Å². The maximum absolute atomic E-state index is 13.1. The number of nitrogens with one attached hydrogen (secondary N) is 1. The third kappa shape index (κ3) is 3.83. The van der Waals surface area contributed by atoms with Crippen LogP contribution in [-0.4, -0.2) is 49.9 Å². The quantitative estimate of drug-likeness (QED) is 0.843. The molecule has 1 heterocycles. The minimum Gasteiger partial charge on any atom is -0.495 e. The minimum atomic E-state index is -0.301. The lowest BCUT2D eigenvalue weighted by Gasteiger charge is -2.29. The lowest BCUT2D eigenvalue weighted by atomic mass is 9.79. The fraction of sp³-hybridized carbons (Fsp3) is 0.526. The van der Waals surface area contributed by atoms with Crippen LogP contribution in [0.5, 0.6) is 5.75 Å². The molecule has 134 valence electrons. The molecule has 0 atom stereocenters. The van der Waals surface area contributed by atoms with Crippen molar-refractivity contribution in [2.45, 2.75) is 33.1 Å². The normalized spacial score (nSPS) is 15.0. The summed E-state index contributed by atoms with van der Waals surface area (Å²) in [7, 11) is 1.52. The van der Waals surface area contributed by atoms with Crippen LogP contribution < -0.4 is 10.1 Å². The molecule has 1 N–H and O–H groups in total. The third-order valence-corrected chi connectivity index (χ3v) is 4.48. The SMILES string of the molecule is COc1cc(C(C)(C)C)c(C(=O)CN2CCNCC2=O)c(C)c1C#N. The molecule has 25 heavy (non-hydrogen) atoms. The summed E-state index contributed by atoms with van der Waals surface area (Å²) in [6, 6.07) is 3.91. The van der Waals surface area contributed by atoms with Gasteiger partial charge < -0.3 is 15.0 Å². The molecule has 2 rings (SSSR count). The summed E-state index contributed by atoms with van der Waals surface area (Å²) in [4.78, 5) is 26.6. The van der Waals surface area contributed by atoms with E-state index in [0.717, 1.165) is 5.56 Å². The Kier molecular flexibility index (Phi) is 5.48. The second-order valence-electron chi connectivity index (χ2n) is 7.28. The summed E-state index contributed by atoms with van der Waals surface area (Å²) >= 11 is 0. The van der Waals surface area contributed by atoms with E-state index in [2.05, 4.69) is 11.4 Å². The number of carbonyl (C=O) groups excluding carboxylic acids is 2. The van der Waals surface area contributed by atoms with Crippen LogP contribution in [-0.2, 0) is 10.2 Å². The van der Waals surface area contributed by atoms with E-state index < -0.39 is 0 Å². The van der Waals surface area contributed by atoms with Crippen molar-refractivity contribution in [2.75, 3.05) is 33.3 Å². The topological polar surface area (TPSA) is 82.4 Å². The molecule has 1 aliphatic rings. The van der Waals surface area contributed by atoms with Crippen molar-refractivity contribution in [1.29, 1.82) is 5.26 Å². The zero-order valence-corrected chi connectivity index (χ0v) is 15.5. The monoisotopic (exact) mass is 343 g/mol. The van der Waals surface area contributed by atoms with Crippen molar-refractivity contribution in [2.24, 2.45) is 0 Å². The number of ketones is 1. The van der Waals surface area contributed by atoms with E-state index in [4.69, 9.17) is 4.74 Å². The molecule has 0 aromatic heterocycles. The molecule has 0 saturated carbocycles. The fourth-order valence-corrected chi connectivity index (χ4v) is 3.10. The van der Waals surface area contributed by atoms with Crippen LogP contribution in [0.4, 0.5) is 0 Å². The number of methoxy groups -OCH3 is 1. The van der Waals surface area contributed by atoms with Gasteiger partial charge in [-0.15, -0.1) is 0 Å². The number of nitriles is 1. The van der Waals surface area contributed by atoms with Gasteiger partial charge in [0.15, 0.2) is 5.78 Å². The first-order valence-electron chi connectivity index (χ1n) is 8.34. The van der Waals surface area contributed by atoms with Gasteiger partial charge in [-0.2, -0.15) is 5.26 Å². The molecule has 6 heteroatoms. The standard InChI is InChI=1S/C19H25N3O3/c1-12-13(9-20)16(25-5)8-14(19(2,3)4)18(12)15(23)11-22-7-6-21-10-17(22)24/h8,21H,6-7,10-11H2,1-5H3. The maximum atomic E-state index is 13.1. The third-order valence-electron chi connectivity index (χ3n) is 4.48. The first-order chi connectivity index (χ1) is 11.7. The number of hydrogen-bond acceptors (Lipinski definition) is 5. The average molecular weight is 343 g/mol. The van der Waals surface area contributed by atoms with Gasteiger partial charge in [0.1, 0.15) is 11.8 Å². The van der Waals surface area contributed by atoms with Crippen LogP contribution in [0.15, 0.2) is 6.07 Å². The van der Waals surface area contributed by atoms with Crippen molar-refractivity contribution in [3.05, 3.63) is 28.3 Å². The predicted octanol–water partition coefficient (Wildman–Crippen LogP) is 1.79. The van der Waals surface area contributed by atoms with Gasteiger partial charge >= 0.3 is 0 Å². The van der Waals surface area contributed by atoms with Gasteiger partial charge in [-0.1, -0.05) is 20.8 Å². The first kappa shape index (κ1) is 18.9. The molecule has 0 bridgehead atoms. The number of piperazine rings is 1. The minimum absolute atomic E-state index is 0.0294. The first-order valence-corrected chi connectivity index (χ1v) is 8.34. The largest absolute Gasteiger partial charge is 0.495 e. The molecular weight excluding hydrogens is 318 g/mol. The Morgan fingerprint density at radius 3 is 2.64 bits per heavy atom. The summed E-state index contributed by atoms with van der Waals surface area (Å²) in [5.74, 6) is 0.250. The van der Waals surface area contributed by atoms with Crippen molar-refractivity contribution in [1.82, 2.24) is 10.2 Å². The van der Waals surface area contributed by atoms with Gasteiger partial charge in [0, 0.05) is 18.7 Å². The number of rotatable bonds is 4. The number of benzene rings is 1. The van der Waals surface area contributed by atoms with E-state index >= 15 is 0 Å². The average Bonchev–Trinajstić information content (AvgIpc) is 2.54. The Morgan fingerprint density at radius 2 is 2.12 bits per heavy atom. The smallest absolute Gasteiger partial charge is 0.236 e. The van der Waals surface area contributed by atoms with Crippen LogP contribution in [0.25, 0.3) is 0 Å². The Balaban J connectivity index is 2.52. The Hall–Kier alpha value is -2.39. The van der Waals surface area contributed by atoms with Gasteiger partial charge in [-0.05, 0) is 29.5 Å². The van der Waals surface area contributed by atoms with E-state index in [-0.39, 0.29) is 30.2 Å². The number of amides is 1. The molecule has 0 spiro atoms. The zero-order valence-electron chi connectivity index (χ0n) is 15.5. The molecule has 1 aromatic rings. The zero-order chi connectivity index (χ0) is 18.8. The maximum Gasteiger partial charge on any atom is 0.236 e. The van der Waals surface area contributed by atoms with E-state index in [1.165, 1.54) is 7.11 Å². The highest BCUT2D eigenvalue weighted by atomic mass is 16.5. The predicted molar refractivity (Wildman–Crippen MR) is 94.9 cm³/mol. The Bertz CT molecular complexity index is 742. The van der Waals surface area contributed by atoms with Crippen molar-refractivity contribution >= 4 is 11.7 Å². The van der Waals surface area contributed by atoms with Crippen LogP contribution >= 0.6 is 0 Å². The highest BCUT2D eigenvalue weighted by Crippen LogP contribution is 2.35. The van der Waals surface area contributed by atoms with Crippen LogP contribution in [0.3, 0.4) is 0 Å². The summed E-state index contributed by atoms with van der Waals surface area (Å²) in [5.41, 5.74) is 2.03. The van der Waals surface area contributed by atoms with Gasteiger partial charge in [-0.25, -0.2) is 0 Å². The van der Waals surface area contributed by atoms with Crippen LogP contribution in [0, 0.1) is 18.3 Å². The van der Waals surface area contributed by atoms with Crippen LogP contribution in [0.1, 0.15) is 47.8 Å². The highest BCUT2D eigenvalue weighted by molar-refractivity contribution is 6.03. The molecule has 0 unspecified atom stereocenters. The highest BCUT2D eigenvalue weighted by Gasteiger charge is 2.29. The number of Topliss-reactive ketones (excluding diaryl/α,β-unsaturated/α-hetero) is 1. The summed E-state index contributed by atoms with van der Waals surface area (Å²) in [6.45, 7) is 9.28. The molecule has 1 aliphatic heterocycles. The summed E-state index contributed by atoms with van der Waals surface area (Å²) in [6.07, 6.45) is 0. The molecular formula is C19H25N3O3. The van der Waals surface area contributed by atoms with E-state index in [1.807, 2.05) is 20.8 Å². The van der Waals surface area contributed by atoms with Gasteiger partial charge in [-0.3, -0.25) is 9.59 Å². The van der Waals surface area contributed by atoms with E-state index in [0.29, 0.717) is 35.5 Å². The van der Waals surface area contributed by atoms with E-state index in [1.54, 1.807) is 17.9 Å². The van der Waals surface area contributed by atoms with Crippen molar-refractivity contribution in [3.8, 4) is 11.8 Å². The molecule has 6 nitrogen and oxygen atoms in total. The lowest BCUT2D eigenvalue weighted by molar-refractivity contribution is -0.131. The van der Waals surface area contributed by atoms with Crippen molar-refractivity contribution < 1.29 is 14.3 Å². The second kappa shape index (κ2) is 7.24. The number of ether oxygens (including phenoxy) is 1. The molecule has 1 amide bonds. The molecule has 0 aliphatic carbocycles. The summed E-state index contributed by atoms with van der Waals surface area (Å²) in [5, 5.41) is 12.5. The summed E-state index contributed by atoms with van der Waals surface area (Å²) < 4.78 is 5.35. The molecule has 0 radical (unpaired) electrons. The molecule has 1 fully saturated rings. The molecule has 1 saturated heterocycles. The number of nitrogens with zero attached hydrogens (tertiary/aromatic N) is 2. The van der Waals surface area contributed by atoms with E-state index in [9.17, 15) is 14.9 Å². The lowest BCUT2D eigenvalue weighted by Crippen LogP contribution is -2.49.